The third kappa shape index (κ3) is 4.84. The summed E-state index contributed by atoms with van der Waals surface area (Å²) in [6.07, 6.45) is 4.47. The van der Waals surface area contributed by atoms with E-state index in [9.17, 15) is 9.59 Å². The third-order valence-electron chi connectivity index (χ3n) is 2.71. The molecule has 0 aromatic carbocycles. The molecular weight excluding hydrogens is 224 g/mol. The van der Waals surface area contributed by atoms with E-state index in [4.69, 9.17) is 5.11 Å². The fourth-order valence-electron chi connectivity index (χ4n) is 1.53. The second-order valence-corrected chi connectivity index (χ2v) is 5.10. The summed E-state index contributed by atoms with van der Waals surface area (Å²) >= 11 is 4.09. The van der Waals surface area contributed by atoms with Gasteiger partial charge in [0.1, 0.15) is 11.5 Å². The highest BCUT2D eigenvalue weighted by Gasteiger charge is 2.35. The van der Waals surface area contributed by atoms with Crippen molar-refractivity contribution < 1.29 is 14.7 Å². The van der Waals surface area contributed by atoms with E-state index in [-0.39, 0.29) is 6.42 Å². The van der Waals surface area contributed by atoms with Gasteiger partial charge in [0.25, 0.3) is 0 Å². The maximum absolute atomic E-state index is 10.9. The van der Waals surface area contributed by atoms with Gasteiger partial charge < -0.3 is 9.90 Å². The number of carboxylic acids is 1. The number of hydrogen-bond acceptors (Lipinski definition) is 3. The number of carboxylic acid groups (broad SMARTS) is 1. The molecule has 4 heteroatoms. The normalized spacial score (nSPS) is 16.0. The molecule has 16 heavy (non-hydrogen) atoms. The molecule has 0 aromatic rings. The number of carbonyl (C=O) groups is 2. The fraction of sp³-hybridized carbons (Fsp3) is 0.667. The van der Waals surface area contributed by atoms with Crippen LogP contribution in [0.3, 0.4) is 0 Å². The minimum absolute atomic E-state index is 0.226. The monoisotopic (exact) mass is 244 g/mol. The molecule has 0 bridgehead atoms. The first-order chi connectivity index (χ1) is 7.33. The lowest BCUT2D eigenvalue weighted by atomic mass is 9.79. The molecule has 2 atom stereocenters. The molecule has 0 radical (unpaired) electrons. The number of carbonyl (C=O) groups excluding carboxylic acids is 1. The minimum atomic E-state index is -0.968. The number of rotatable bonds is 7. The molecule has 2 unspecified atom stereocenters. The van der Waals surface area contributed by atoms with E-state index < -0.39 is 16.6 Å². The average Bonchev–Trinajstić information content (AvgIpc) is 2.16. The first-order valence-corrected chi connectivity index (χ1v) is 5.83. The first kappa shape index (κ1) is 15.2. The Hall–Kier alpha value is -0.770. The van der Waals surface area contributed by atoms with Crippen LogP contribution in [0.1, 0.15) is 40.0 Å². The van der Waals surface area contributed by atoms with Gasteiger partial charge in [0, 0.05) is 6.42 Å². The van der Waals surface area contributed by atoms with Gasteiger partial charge in [-0.2, -0.15) is 12.6 Å². The second kappa shape index (κ2) is 6.74. The summed E-state index contributed by atoms with van der Waals surface area (Å²) in [5, 5.41) is 8.14. The van der Waals surface area contributed by atoms with Crippen LogP contribution >= 0.6 is 12.6 Å². The number of allylic oxidation sites excluding steroid dienone is 2. The Morgan fingerprint density at radius 3 is 2.44 bits per heavy atom. The maximum atomic E-state index is 10.9. The molecule has 0 aliphatic heterocycles. The van der Waals surface area contributed by atoms with Crippen molar-refractivity contribution >= 4 is 24.9 Å². The predicted octanol–water partition coefficient (Wildman–Crippen LogP) is 2.71. The molecule has 0 aromatic heterocycles. The van der Waals surface area contributed by atoms with Gasteiger partial charge in [0.05, 0.1) is 0 Å². The molecule has 1 N–H and O–H groups in total. The molecule has 3 nitrogen and oxygen atoms in total. The van der Waals surface area contributed by atoms with Crippen molar-refractivity contribution in [1.29, 1.82) is 0 Å². The third-order valence-corrected chi connectivity index (χ3v) is 3.56. The Labute approximate surface area is 102 Å². The molecule has 0 amide bonds. The van der Waals surface area contributed by atoms with Gasteiger partial charge in [-0.05, 0) is 32.1 Å². The van der Waals surface area contributed by atoms with Crippen molar-refractivity contribution in [3.8, 4) is 0 Å². The molecule has 0 spiro atoms. The summed E-state index contributed by atoms with van der Waals surface area (Å²) in [4.78, 5) is 21.5. The molecule has 0 heterocycles. The molecule has 0 saturated heterocycles. The SMILES string of the molecule is CC(C)=CCCC(C)(CC=O)C(S)C(=O)O. The van der Waals surface area contributed by atoms with Crippen molar-refractivity contribution in [2.24, 2.45) is 5.41 Å². The lowest BCUT2D eigenvalue weighted by Crippen LogP contribution is -2.35. The number of thiol groups is 1. The number of aldehydes is 1. The van der Waals surface area contributed by atoms with E-state index in [1.165, 1.54) is 5.57 Å². The summed E-state index contributed by atoms with van der Waals surface area (Å²) in [5.74, 6) is -0.968. The van der Waals surface area contributed by atoms with Crippen molar-refractivity contribution in [3.63, 3.8) is 0 Å². The summed E-state index contributed by atoms with van der Waals surface area (Å²) < 4.78 is 0. The van der Waals surface area contributed by atoms with Crippen molar-refractivity contribution in [1.82, 2.24) is 0 Å². The Morgan fingerprint density at radius 1 is 1.50 bits per heavy atom. The molecule has 0 aliphatic rings. The van der Waals surface area contributed by atoms with Gasteiger partial charge in [-0.3, -0.25) is 4.79 Å². The van der Waals surface area contributed by atoms with Crippen molar-refractivity contribution in [2.45, 2.75) is 45.3 Å². The van der Waals surface area contributed by atoms with Gasteiger partial charge in [0.2, 0.25) is 0 Å². The van der Waals surface area contributed by atoms with Gasteiger partial charge in [0.15, 0.2) is 0 Å². The van der Waals surface area contributed by atoms with Crippen LogP contribution < -0.4 is 0 Å². The largest absolute Gasteiger partial charge is 0.480 e. The van der Waals surface area contributed by atoms with E-state index in [2.05, 4.69) is 12.6 Å². The second-order valence-electron chi connectivity index (χ2n) is 4.59. The van der Waals surface area contributed by atoms with Gasteiger partial charge in [-0.15, -0.1) is 0 Å². The van der Waals surface area contributed by atoms with E-state index in [1.807, 2.05) is 19.9 Å². The van der Waals surface area contributed by atoms with Gasteiger partial charge in [-0.25, -0.2) is 0 Å². The van der Waals surface area contributed by atoms with Crippen LogP contribution in [-0.4, -0.2) is 22.6 Å². The summed E-state index contributed by atoms with van der Waals surface area (Å²) in [6.45, 7) is 5.78. The lowest BCUT2D eigenvalue weighted by Gasteiger charge is -2.30. The summed E-state index contributed by atoms with van der Waals surface area (Å²) in [7, 11) is 0. The van der Waals surface area contributed by atoms with E-state index in [0.29, 0.717) is 6.42 Å². The Morgan fingerprint density at radius 2 is 2.06 bits per heavy atom. The van der Waals surface area contributed by atoms with E-state index in [1.54, 1.807) is 6.92 Å². The number of aliphatic carboxylic acids is 1. The maximum Gasteiger partial charge on any atom is 0.316 e. The molecule has 92 valence electrons. The van der Waals surface area contributed by atoms with Gasteiger partial charge >= 0.3 is 5.97 Å². The van der Waals surface area contributed by atoms with Crippen LogP contribution in [0, 0.1) is 5.41 Å². The quantitative estimate of drug-likeness (QED) is 0.411. The predicted molar refractivity (Wildman–Crippen MR) is 67.9 cm³/mol. The van der Waals surface area contributed by atoms with Crippen LogP contribution in [0.15, 0.2) is 11.6 Å². The van der Waals surface area contributed by atoms with Crippen LogP contribution in [0.4, 0.5) is 0 Å². The molecule has 0 rings (SSSR count). The molecule has 0 saturated carbocycles. The van der Waals surface area contributed by atoms with Crippen LogP contribution in [0.2, 0.25) is 0 Å². The standard InChI is InChI=1S/C12H20O3S/c1-9(2)5-4-6-12(3,7-8-13)10(16)11(14)15/h5,8,10,16H,4,6-7H2,1-3H3,(H,14,15). The molecule has 0 aliphatic carbocycles. The zero-order valence-electron chi connectivity index (χ0n) is 10.1. The first-order valence-electron chi connectivity index (χ1n) is 5.31. The summed E-state index contributed by atoms with van der Waals surface area (Å²) in [5.41, 5.74) is 0.613. The zero-order chi connectivity index (χ0) is 12.8. The average molecular weight is 244 g/mol. The molecular formula is C12H20O3S. The Bertz CT molecular complexity index is 282. The Kier molecular flexibility index (Phi) is 6.41. The van der Waals surface area contributed by atoms with E-state index >= 15 is 0 Å². The van der Waals surface area contributed by atoms with Crippen molar-refractivity contribution in [2.75, 3.05) is 0 Å². The highest BCUT2D eigenvalue weighted by atomic mass is 32.1. The topological polar surface area (TPSA) is 54.4 Å². The minimum Gasteiger partial charge on any atom is -0.480 e. The highest BCUT2D eigenvalue weighted by molar-refractivity contribution is 7.81. The van der Waals surface area contributed by atoms with Gasteiger partial charge in [-0.1, -0.05) is 18.6 Å². The highest BCUT2D eigenvalue weighted by Crippen LogP contribution is 2.34. The fourth-order valence-corrected chi connectivity index (χ4v) is 1.76. The van der Waals surface area contributed by atoms with Crippen LogP contribution in [-0.2, 0) is 9.59 Å². The zero-order valence-corrected chi connectivity index (χ0v) is 11.0. The smallest absolute Gasteiger partial charge is 0.316 e. The van der Waals surface area contributed by atoms with Crippen LogP contribution in [0.5, 0.6) is 0 Å². The summed E-state index contributed by atoms with van der Waals surface area (Å²) in [6, 6.07) is 0. The van der Waals surface area contributed by atoms with Crippen molar-refractivity contribution in [3.05, 3.63) is 11.6 Å². The Balaban J connectivity index is 4.62. The lowest BCUT2D eigenvalue weighted by molar-refractivity contribution is -0.138. The molecule has 0 fully saturated rings. The van der Waals surface area contributed by atoms with E-state index in [0.717, 1.165) is 12.7 Å². The van der Waals surface area contributed by atoms with Crippen LogP contribution in [0.25, 0.3) is 0 Å². The number of hydrogen-bond donors (Lipinski definition) is 2.